The highest BCUT2D eigenvalue weighted by atomic mass is 32.2. The smallest absolute Gasteiger partial charge is 0.241 e. The number of carbonyl (C=O) groups is 1. The van der Waals surface area contributed by atoms with Crippen LogP contribution in [-0.4, -0.2) is 45.5 Å². The van der Waals surface area contributed by atoms with E-state index in [0.29, 0.717) is 31.7 Å². The van der Waals surface area contributed by atoms with Crippen LogP contribution in [-0.2, 0) is 21.2 Å². The molecule has 22 heavy (non-hydrogen) atoms. The summed E-state index contributed by atoms with van der Waals surface area (Å²) in [5.74, 6) is 0.283. The minimum Gasteiger partial charge on any atom is -0.497 e. The number of hydrogen-bond donors (Lipinski definition) is 2. The van der Waals surface area contributed by atoms with E-state index in [4.69, 9.17) is 4.74 Å². The number of methoxy groups -OCH3 is 1. The number of nitrogens with one attached hydrogen (secondary N) is 2. The van der Waals surface area contributed by atoms with Gasteiger partial charge in [-0.05, 0) is 43.6 Å². The Labute approximate surface area is 131 Å². The summed E-state index contributed by atoms with van der Waals surface area (Å²) in [5.41, 5.74) is 0.866. The maximum atomic E-state index is 12.5. The molecule has 0 radical (unpaired) electrons. The first-order valence-electron chi connectivity index (χ1n) is 7.20. The van der Waals surface area contributed by atoms with Gasteiger partial charge in [0.2, 0.25) is 5.91 Å². The van der Waals surface area contributed by atoms with Crippen molar-refractivity contribution in [2.75, 3.05) is 26.5 Å². The van der Waals surface area contributed by atoms with E-state index in [9.17, 15) is 13.2 Å². The molecule has 1 aromatic carbocycles. The molecule has 6 nitrogen and oxygen atoms in total. The molecule has 1 fully saturated rings. The van der Waals surface area contributed by atoms with Crippen molar-refractivity contribution < 1.29 is 17.9 Å². The molecule has 0 saturated carbocycles. The quantitative estimate of drug-likeness (QED) is 0.822. The Hall–Kier alpha value is -1.60. The van der Waals surface area contributed by atoms with Crippen LogP contribution in [0.1, 0.15) is 18.4 Å². The Morgan fingerprint density at radius 3 is 2.64 bits per heavy atom. The minimum atomic E-state index is -3.48. The Morgan fingerprint density at radius 2 is 2.05 bits per heavy atom. The molecule has 1 aliphatic heterocycles. The highest BCUT2D eigenvalue weighted by molar-refractivity contribution is 7.92. The molecule has 7 heteroatoms. The van der Waals surface area contributed by atoms with Crippen LogP contribution in [0.4, 0.5) is 0 Å². The van der Waals surface area contributed by atoms with E-state index in [2.05, 4.69) is 10.6 Å². The van der Waals surface area contributed by atoms with Gasteiger partial charge in [-0.25, -0.2) is 8.42 Å². The predicted octanol–water partition coefficient (Wildman–Crippen LogP) is 0.478. The van der Waals surface area contributed by atoms with Gasteiger partial charge in [0, 0.05) is 12.8 Å². The third kappa shape index (κ3) is 3.41. The fourth-order valence-electron chi connectivity index (χ4n) is 2.72. The molecule has 2 rings (SSSR count). The summed E-state index contributed by atoms with van der Waals surface area (Å²) in [7, 11) is -1.91. The van der Waals surface area contributed by atoms with Crippen LogP contribution < -0.4 is 15.4 Å². The van der Waals surface area contributed by atoms with Crippen LogP contribution in [0, 0.1) is 0 Å². The number of ether oxygens (including phenoxy) is 1. The molecule has 1 saturated heterocycles. The lowest BCUT2D eigenvalue weighted by atomic mass is 9.95. The molecule has 0 bridgehead atoms. The lowest BCUT2D eigenvalue weighted by Crippen LogP contribution is -2.57. The minimum absolute atomic E-state index is 0.279. The topological polar surface area (TPSA) is 84.5 Å². The van der Waals surface area contributed by atoms with Crippen molar-refractivity contribution in [1.82, 2.24) is 10.6 Å². The first kappa shape index (κ1) is 16.8. The van der Waals surface area contributed by atoms with E-state index in [1.807, 2.05) is 24.3 Å². The van der Waals surface area contributed by atoms with Crippen LogP contribution in [0.5, 0.6) is 5.75 Å². The van der Waals surface area contributed by atoms with Gasteiger partial charge in [-0.2, -0.15) is 0 Å². The molecule has 2 N–H and O–H groups in total. The molecular formula is C15H22N2O4S. The monoisotopic (exact) mass is 326 g/mol. The summed E-state index contributed by atoms with van der Waals surface area (Å²) in [4.78, 5) is 12.5. The predicted molar refractivity (Wildman–Crippen MR) is 84.5 cm³/mol. The lowest BCUT2D eigenvalue weighted by molar-refractivity contribution is -0.124. The van der Waals surface area contributed by atoms with Crippen LogP contribution in [0.3, 0.4) is 0 Å². The third-order valence-corrected chi connectivity index (χ3v) is 6.14. The third-order valence-electron chi connectivity index (χ3n) is 4.12. The molecule has 1 heterocycles. The van der Waals surface area contributed by atoms with Crippen molar-refractivity contribution >= 4 is 15.7 Å². The van der Waals surface area contributed by atoms with Gasteiger partial charge in [-0.3, -0.25) is 4.79 Å². The number of hydrogen-bond acceptors (Lipinski definition) is 5. The first-order valence-corrected chi connectivity index (χ1v) is 9.10. The van der Waals surface area contributed by atoms with Crippen molar-refractivity contribution in [3.05, 3.63) is 29.8 Å². The molecule has 0 spiro atoms. The van der Waals surface area contributed by atoms with Gasteiger partial charge in [-0.15, -0.1) is 0 Å². The lowest BCUT2D eigenvalue weighted by Gasteiger charge is -2.34. The van der Waals surface area contributed by atoms with Crippen molar-refractivity contribution in [3.8, 4) is 5.75 Å². The normalized spacial score (nSPS) is 17.7. The van der Waals surface area contributed by atoms with E-state index >= 15 is 0 Å². The van der Waals surface area contributed by atoms with Gasteiger partial charge in [-0.1, -0.05) is 12.1 Å². The van der Waals surface area contributed by atoms with Crippen molar-refractivity contribution in [2.45, 2.75) is 24.1 Å². The van der Waals surface area contributed by atoms with Crippen molar-refractivity contribution in [1.29, 1.82) is 0 Å². The van der Waals surface area contributed by atoms with E-state index in [1.165, 1.54) is 0 Å². The van der Waals surface area contributed by atoms with Gasteiger partial charge in [0.25, 0.3) is 0 Å². The van der Waals surface area contributed by atoms with Gasteiger partial charge >= 0.3 is 0 Å². The fraction of sp³-hybridized carbons (Fsp3) is 0.533. The van der Waals surface area contributed by atoms with Crippen molar-refractivity contribution in [3.63, 3.8) is 0 Å². The second-order valence-corrected chi connectivity index (χ2v) is 7.88. The molecule has 122 valence electrons. The van der Waals surface area contributed by atoms with E-state index < -0.39 is 20.5 Å². The van der Waals surface area contributed by atoms with E-state index in [0.717, 1.165) is 11.8 Å². The second-order valence-electron chi connectivity index (χ2n) is 5.55. The highest BCUT2D eigenvalue weighted by Crippen LogP contribution is 2.28. The van der Waals surface area contributed by atoms with E-state index in [-0.39, 0.29) is 6.54 Å². The number of rotatable bonds is 5. The number of amides is 1. The Morgan fingerprint density at radius 1 is 1.36 bits per heavy atom. The number of piperidine rings is 1. The average Bonchev–Trinajstić information content (AvgIpc) is 2.52. The number of carbonyl (C=O) groups excluding carboxylic acids is 1. The molecule has 1 amide bonds. The Balaban J connectivity index is 2.12. The Kier molecular flexibility index (Phi) is 5.08. The maximum absolute atomic E-state index is 12.5. The maximum Gasteiger partial charge on any atom is 0.241 e. The fourth-order valence-corrected chi connectivity index (χ4v) is 4.08. The van der Waals surface area contributed by atoms with Gasteiger partial charge in [0.05, 0.1) is 7.11 Å². The van der Waals surface area contributed by atoms with Gasteiger partial charge in [0.1, 0.15) is 5.75 Å². The van der Waals surface area contributed by atoms with Gasteiger partial charge < -0.3 is 15.4 Å². The summed E-state index contributed by atoms with van der Waals surface area (Å²) in [6, 6.07) is 7.32. The highest BCUT2D eigenvalue weighted by Gasteiger charge is 2.48. The van der Waals surface area contributed by atoms with E-state index in [1.54, 1.807) is 7.11 Å². The molecule has 0 aromatic heterocycles. The van der Waals surface area contributed by atoms with Gasteiger partial charge in [0.15, 0.2) is 14.6 Å². The molecule has 1 aliphatic rings. The van der Waals surface area contributed by atoms with Crippen LogP contribution in [0.25, 0.3) is 0 Å². The zero-order valence-corrected chi connectivity index (χ0v) is 13.7. The SMILES string of the molecule is COc1cccc(CNC(=O)C2(S(C)(=O)=O)CCNCC2)c1. The zero-order chi connectivity index (χ0) is 16.2. The zero-order valence-electron chi connectivity index (χ0n) is 12.9. The summed E-state index contributed by atoms with van der Waals surface area (Å²) in [5, 5.41) is 5.86. The molecule has 1 aromatic rings. The van der Waals surface area contributed by atoms with Crippen LogP contribution in [0.2, 0.25) is 0 Å². The summed E-state index contributed by atoms with van der Waals surface area (Å²) < 4.78 is 28.1. The first-order chi connectivity index (χ1) is 10.4. The standard InChI is InChI=1S/C15H22N2O4S/c1-21-13-5-3-4-12(10-13)11-17-14(18)15(22(2,19)20)6-8-16-9-7-15/h3-5,10,16H,6-9,11H2,1-2H3,(H,17,18). The summed E-state index contributed by atoms with van der Waals surface area (Å²) in [6.07, 6.45) is 1.75. The van der Waals surface area contributed by atoms with Crippen molar-refractivity contribution in [2.24, 2.45) is 0 Å². The van der Waals surface area contributed by atoms with Crippen LogP contribution >= 0.6 is 0 Å². The van der Waals surface area contributed by atoms with Crippen LogP contribution in [0.15, 0.2) is 24.3 Å². The largest absolute Gasteiger partial charge is 0.497 e. The summed E-state index contributed by atoms with van der Waals surface area (Å²) >= 11 is 0. The average molecular weight is 326 g/mol. The molecule has 0 unspecified atom stereocenters. The number of benzene rings is 1. The second kappa shape index (κ2) is 6.66. The molecule has 0 aliphatic carbocycles. The number of sulfone groups is 1. The molecular weight excluding hydrogens is 304 g/mol. The Bertz CT molecular complexity index is 637. The molecule has 0 atom stereocenters. The summed E-state index contributed by atoms with van der Waals surface area (Å²) in [6.45, 7) is 1.33.